The van der Waals surface area contributed by atoms with Gasteiger partial charge in [0.15, 0.2) is 5.96 Å². The Kier molecular flexibility index (Phi) is 7.72. The largest absolute Gasteiger partial charge is 0.444 e. The molecule has 1 saturated heterocycles. The number of nitrogens with one attached hydrogen (secondary N) is 2. The zero-order chi connectivity index (χ0) is 22.2. The van der Waals surface area contributed by atoms with Gasteiger partial charge in [0, 0.05) is 42.4 Å². The van der Waals surface area contributed by atoms with E-state index in [1.54, 1.807) is 6.26 Å². The first-order valence-electron chi connectivity index (χ1n) is 11.2. The quantitative estimate of drug-likeness (QED) is 0.410. The predicted molar refractivity (Wildman–Crippen MR) is 134 cm³/mol. The van der Waals surface area contributed by atoms with E-state index in [1.165, 1.54) is 28.3 Å². The Bertz CT molecular complexity index is 1010. The van der Waals surface area contributed by atoms with Crippen molar-refractivity contribution in [3.8, 4) is 11.5 Å². The molecule has 168 valence electrons. The number of guanidine groups is 1. The maximum Gasteiger partial charge on any atom is 0.226 e. The fourth-order valence-corrected chi connectivity index (χ4v) is 4.44. The van der Waals surface area contributed by atoms with Gasteiger partial charge in [0.2, 0.25) is 5.89 Å². The number of hydrogen-bond acceptors (Lipinski definition) is 5. The number of thioether (sulfide) groups is 1. The zero-order valence-electron chi connectivity index (χ0n) is 18.8. The Morgan fingerprint density at radius 1 is 1.06 bits per heavy atom. The maximum atomic E-state index is 5.66. The molecule has 1 aromatic heterocycles. The summed E-state index contributed by atoms with van der Waals surface area (Å²) in [5.74, 6) is 3.82. The molecule has 0 aliphatic carbocycles. The lowest BCUT2D eigenvalue weighted by Crippen LogP contribution is -2.36. The molecule has 6 nitrogen and oxygen atoms in total. The van der Waals surface area contributed by atoms with Crippen LogP contribution in [0, 0.1) is 6.92 Å². The Labute approximate surface area is 194 Å². The molecule has 2 heterocycles. The van der Waals surface area contributed by atoms with Crippen molar-refractivity contribution in [2.24, 2.45) is 4.99 Å². The van der Waals surface area contributed by atoms with Crippen LogP contribution in [0.5, 0.6) is 0 Å². The van der Waals surface area contributed by atoms with E-state index < -0.39 is 0 Å². The summed E-state index contributed by atoms with van der Waals surface area (Å²) in [6, 6.07) is 17.0. The molecular formula is C25H31N5OS. The molecule has 1 aliphatic rings. The summed E-state index contributed by atoms with van der Waals surface area (Å²) in [6.45, 7) is 8.36. The smallest absolute Gasteiger partial charge is 0.226 e. The number of oxazole rings is 1. The van der Waals surface area contributed by atoms with Crippen LogP contribution in [0.15, 0.2) is 64.2 Å². The third-order valence-corrected chi connectivity index (χ3v) is 6.31. The highest BCUT2D eigenvalue weighted by molar-refractivity contribution is 7.99. The van der Waals surface area contributed by atoms with Crippen molar-refractivity contribution in [1.82, 2.24) is 15.6 Å². The van der Waals surface area contributed by atoms with Gasteiger partial charge in [0.05, 0.1) is 18.8 Å². The van der Waals surface area contributed by atoms with Crippen LogP contribution in [0.25, 0.3) is 11.5 Å². The van der Waals surface area contributed by atoms with Gasteiger partial charge in [-0.2, -0.15) is 11.8 Å². The molecule has 0 bridgehead atoms. The van der Waals surface area contributed by atoms with E-state index in [1.807, 2.05) is 23.9 Å². The average molecular weight is 450 g/mol. The van der Waals surface area contributed by atoms with E-state index in [2.05, 4.69) is 70.8 Å². The van der Waals surface area contributed by atoms with E-state index in [-0.39, 0.29) is 0 Å². The van der Waals surface area contributed by atoms with E-state index in [0.717, 1.165) is 36.9 Å². The summed E-state index contributed by atoms with van der Waals surface area (Å²) >= 11 is 2.03. The van der Waals surface area contributed by atoms with E-state index in [0.29, 0.717) is 19.0 Å². The summed E-state index contributed by atoms with van der Waals surface area (Å²) < 4.78 is 5.66. The van der Waals surface area contributed by atoms with Crippen molar-refractivity contribution in [2.45, 2.75) is 26.9 Å². The van der Waals surface area contributed by atoms with Gasteiger partial charge in [-0.3, -0.25) is 0 Å². The second kappa shape index (κ2) is 11.1. The van der Waals surface area contributed by atoms with Gasteiger partial charge < -0.3 is 20.0 Å². The first-order valence-corrected chi connectivity index (χ1v) is 12.3. The monoisotopic (exact) mass is 449 g/mol. The third kappa shape index (κ3) is 6.07. The summed E-state index contributed by atoms with van der Waals surface area (Å²) in [6.07, 6.45) is 1.70. The van der Waals surface area contributed by atoms with Crippen molar-refractivity contribution in [1.29, 1.82) is 0 Å². The van der Waals surface area contributed by atoms with Crippen LogP contribution in [0.3, 0.4) is 0 Å². The molecule has 4 rings (SSSR count). The molecule has 0 amide bonds. The molecule has 1 fully saturated rings. The number of anilines is 1. The Hall–Kier alpha value is -2.93. The lowest BCUT2D eigenvalue weighted by atomic mass is 10.1. The number of aromatic nitrogens is 1. The minimum atomic E-state index is 0.549. The van der Waals surface area contributed by atoms with Crippen LogP contribution in [0.1, 0.15) is 23.7 Å². The number of rotatable bonds is 7. The van der Waals surface area contributed by atoms with Gasteiger partial charge in [-0.05, 0) is 43.7 Å². The van der Waals surface area contributed by atoms with E-state index in [4.69, 9.17) is 9.41 Å². The minimum Gasteiger partial charge on any atom is -0.444 e. The lowest BCUT2D eigenvalue weighted by Gasteiger charge is -2.28. The highest BCUT2D eigenvalue weighted by Gasteiger charge is 2.11. The molecule has 1 aliphatic heterocycles. The van der Waals surface area contributed by atoms with Crippen molar-refractivity contribution in [3.05, 3.63) is 71.6 Å². The Morgan fingerprint density at radius 2 is 1.81 bits per heavy atom. The Balaban J connectivity index is 1.33. The maximum absolute atomic E-state index is 5.66. The van der Waals surface area contributed by atoms with Gasteiger partial charge in [0.25, 0.3) is 0 Å². The zero-order valence-corrected chi connectivity index (χ0v) is 19.6. The number of aryl methyl sites for hydroxylation is 1. The standard InChI is InChI=1S/C25H31N5OS/c1-3-26-25(27-16-20-6-10-23(11-7-20)30-12-14-32-15-13-30)28-17-22-18-31-24(29-22)21-8-4-19(2)5-9-21/h4-11,18H,3,12-17H2,1-2H3,(H2,26,27,28). The normalized spacial score (nSPS) is 14.4. The van der Waals surface area contributed by atoms with Crippen LogP contribution in [-0.2, 0) is 13.1 Å². The second-order valence-electron chi connectivity index (χ2n) is 7.82. The molecule has 0 saturated carbocycles. The molecule has 0 spiro atoms. The van der Waals surface area contributed by atoms with Crippen molar-refractivity contribution in [3.63, 3.8) is 0 Å². The van der Waals surface area contributed by atoms with E-state index >= 15 is 0 Å². The molecule has 0 atom stereocenters. The summed E-state index contributed by atoms with van der Waals surface area (Å²) in [5.41, 5.74) is 5.54. The predicted octanol–water partition coefficient (Wildman–Crippen LogP) is 4.46. The lowest BCUT2D eigenvalue weighted by molar-refractivity contribution is 0.572. The topological polar surface area (TPSA) is 65.7 Å². The minimum absolute atomic E-state index is 0.549. The van der Waals surface area contributed by atoms with Gasteiger partial charge in [-0.1, -0.05) is 29.8 Å². The van der Waals surface area contributed by atoms with Crippen LogP contribution in [0.4, 0.5) is 5.69 Å². The summed E-state index contributed by atoms with van der Waals surface area (Å²) in [5, 5.41) is 6.65. The fraction of sp³-hybridized carbons (Fsp3) is 0.360. The highest BCUT2D eigenvalue weighted by Crippen LogP contribution is 2.20. The van der Waals surface area contributed by atoms with Gasteiger partial charge >= 0.3 is 0 Å². The van der Waals surface area contributed by atoms with E-state index in [9.17, 15) is 0 Å². The van der Waals surface area contributed by atoms with Crippen molar-refractivity contribution in [2.75, 3.05) is 36.0 Å². The second-order valence-corrected chi connectivity index (χ2v) is 9.05. The van der Waals surface area contributed by atoms with Crippen LogP contribution in [0.2, 0.25) is 0 Å². The van der Waals surface area contributed by atoms with Crippen molar-refractivity contribution < 1.29 is 4.42 Å². The molecule has 0 radical (unpaired) electrons. The third-order valence-electron chi connectivity index (χ3n) is 5.36. The van der Waals surface area contributed by atoms with Crippen LogP contribution < -0.4 is 15.5 Å². The van der Waals surface area contributed by atoms with Gasteiger partial charge in [-0.25, -0.2) is 9.98 Å². The molecular weight excluding hydrogens is 418 g/mol. The molecule has 2 aromatic carbocycles. The molecule has 7 heteroatoms. The first kappa shape index (κ1) is 22.3. The number of aliphatic imine (C=N–C) groups is 1. The van der Waals surface area contributed by atoms with Crippen LogP contribution in [-0.4, -0.2) is 42.1 Å². The molecule has 32 heavy (non-hydrogen) atoms. The summed E-state index contributed by atoms with van der Waals surface area (Å²) in [7, 11) is 0. The van der Waals surface area contributed by atoms with Crippen molar-refractivity contribution >= 4 is 23.4 Å². The average Bonchev–Trinajstić information content (AvgIpc) is 3.31. The number of benzene rings is 2. The number of nitrogens with zero attached hydrogens (tertiary/aromatic N) is 3. The summed E-state index contributed by atoms with van der Waals surface area (Å²) in [4.78, 5) is 11.8. The SMILES string of the molecule is CCNC(=NCc1ccc(N2CCSCC2)cc1)NCc1coc(-c2ccc(C)cc2)n1. The fourth-order valence-electron chi connectivity index (χ4n) is 3.54. The molecule has 3 aromatic rings. The van der Waals surface area contributed by atoms with Gasteiger partial charge in [-0.15, -0.1) is 0 Å². The Morgan fingerprint density at radius 3 is 2.53 bits per heavy atom. The van der Waals surface area contributed by atoms with Crippen LogP contribution >= 0.6 is 11.8 Å². The first-order chi connectivity index (χ1) is 15.7. The molecule has 0 unspecified atom stereocenters. The van der Waals surface area contributed by atoms with Gasteiger partial charge in [0.1, 0.15) is 6.26 Å². The highest BCUT2D eigenvalue weighted by atomic mass is 32.2. The molecule has 2 N–H and O–H groups in total. The number of hydrogen-bond donors (Lipinski definition) is 2.